The van der Waals surface area contributed by atoms with Gasteiger partial charge in [-0.2, -0.15) is 0 Å². The minimum Gasteiger partial charge on any atom is -0.303 e. The monoisotopic (exact) mass is 308 g/mol. The molecule has 120 valence electrons. The Hall–Kier alpha value is -0.410. The van der Waals surface area contributed by atoms with Gasteiger partial charge in [0.15, 0.2) is 0 Å². The van der Waals surface area contributed by atoms with Crippen molar-refractivity contribution in [3.05, 3.63) is 16.1 Å². The molecule has 0 radical (unpaired) electrons. The predicted molar refractivity (Wildman–Crippen MR) is 93.0 cm³/mol. The Morgan fingerprint density at radius 1 is 1.10 bits per heavy atom. The normalized spacial score (nSPS) is 26.3. The van der Waals surface area contributed by atoms with Crippen LogP contribution in [0.25, 0.3) is 0 Å². The third-order valence-electron chi connectivity index (χ3n) is 4.77. The van der Waals surface area contributed by atoms with Gasteiger partial charge in [-0.3, -0.25) is 0 Å². The van der Waals surface area contributed by atoms with Crippen LogP contribution < -0.4 is 5.32 Å². The van der Waals surface area contributed by atoms with Crippen LogP contribution in [0.4, 0.5) is 0 Å². The number of thiazole rings is 1. The van der Waals surface area contributed by atoms with Crippen molar-refractivity contribution in [1.29, 1.82) is 0 Å². The first-order chi connectivity index (χ1) is 9.74. The van der Waals surface area contributed by atoms with Crippen LogP contribution >= 0.6 is 11.3 Å². The Kier molecular flexibility index (Phi) is 5.15. The predicted octanol–water partition coefficient (Wildman–Crippen LogP) is 5.45. The summed E-state index contributed by atoms with van der Waals surface area (Å²) in [5, 5.41) is 7.47. The largest absolute Gasteiger partial charge is 0.303 e. The second-order valence-corrected chi connectivity index (χ2v) is 8.99. The summed E-state index contributed by atoms with van der Waals surface area (Å²) in [6.45, 7) is 13.8. The minimum absolute atomic E-state index is 0.0970. The maximum absolute atomic E-state index is 5.00. The molecule has 2 rings (SSSR count). The molecule has 1 N–H and O–H groups in total. The molecule has 0 aromatic carbocycles. The highest BCUT2D eigenvalue weighted by Crippen LogP contribution is 2.44. The molecule has 21 heavy (non-hydrogen) atoms. The third kappa shape index (κ3) is 4.07. The lowest BCUT2D eigenvalue weighted by atomic mass is 9.83. The fourth-order valence-corrected chi connectivity index (χ4v) is 4.62. The smallest absolute Gasteiger partial charge is 0.113 e. The van der Waals surface area contributed by atoms with E-state index in [1.165, 1.54) is 42.8 Å². The topological polar surface area (TPSA) is 24.9 Å². The van der Waals surface area contributed by atoms with Crippen LogP contribution in [0.15, 0.2) is 5.38 Å². The van der Waals surface area contributed by atoms with Crippen molar-refractivity contribution in [2.24, 2.45) is 5.41 Å². The lowest BCUT2D eigenvalue weighted by Gasteiger charge is -2.35. The molecule has 3 heteroatoms. The number of nitrogens with one attached hydrogen (secondary N) is 1. The molecule has 1 saturated carbocycles. The van der Waals surface area contributed by atoms with Gasteiger partial charge in [0, 0.05) is 11.4 Å². The molecular formula is C18H32N2S. The standard InChI is InChI=1S/C18H32N2S/c1-13(2)15-12-21-16(19-15)18(20-14(3)4)9-7-8-17(5,6)10-11-18/h12-14,20H,7-11H2,1-6H3. The number of nitrogens with zero attached hydrogens (tertiary/aromatic N) is 1. The van der Waals surface area contributed by atoms with Gasteiger partial charge >= 0.3 is 0 Å². The van der Waals surface area contributed by atoms with Gasteiger partial charge in [0.1, 0.15) is 5.01 Å². The molecule has 1 fully saturated rings. The summed E-state index contributed by atoms with van der Waals surface area (Å²) in [5.74, 6) is 0.522. The molecule has 2 nitrogen and oxygen atoms in total. The molecule has 0 bridgehead atoms. The summed E-state index contributed by atoms with van der Waals surface area (Å²) >= 11 is 1.86. The third-order valence-corrected chi connectivity index (χ3v) is 5.84. The quantitative estimate of drug-likeness (QED) is 0.748. The van der Waals surface area contributed by atoms with Gasteiger partial charge in [-0.05, 0) is 50.9 Å². The van der Waals surface area contributed by atoms with Crippen LogP contribution in [0, 0.1) is 5.41 Å². The first-order valence-electron chi connectivity index (χ1n) is 8.48. The second kappa shape index (κ2) is 6.37. The first kappa shape index (κ1) is 17.0. The zero-order valence-electron chi connectivity index (χ0n) is 14.6. The van der Waals surface area contributed by atoms with Crippen molar-refractivity contribution < 1.29 is 0 Å². The summed E-state index contributed by atoms with van der Waals surface area (Å²) in [4.78, 5) is 5.00. The number of hydrogen-bond donors (Lipinski definition) is 1. The highest BCUT2D eigenvalue weighted by atomic mass is 32.1. The number of hydrogen-bond acceptors (Lipinski definition) is 3. The Labute approximate surface area is 134 Å². The molecule has 0 saturated heterocycles. The van der Waals surface area contributed by atoms with Gasteiger partial charge in [-0.1, -0.05) is 34.1 Å². The van der Waals surface area contributed by atoms with Crippen LogP contribution in [0.3, 0.4) is 0 Å². The summed E-state index contributed by atoms with van der Waals surface area (Å²) < 4.78 is 0. The van der Waals surface area contributed by atoms with Crippen molar-refractivity contribution in [3.63, 3.8) is 0 Å². The summed E-state index contributed by atoms with van der Waals surface area (Å²) in [6.07, 6.45) is 6.34. The van der Waals surface area contributed by atoms with Crippen molar-refractivity contribution in [2.75, 3.05) is 0 Å². The molecule has 0 amide bonds. The number of rotatable bonds is 4. The Balaban J connectivity index is 2.32. The van der Waals surface area contributed by atoms with Crippen LogP contribution in [0.1, 0.15) is 90.3 Å². The number of aromatic nitrogens is 1. The van der Waals surface area contributed by atoms with E-state index >= 15 is 0 Å². The van der Waals surface area contributed by atoms with Gasteiger partial charge in [-0.15, -0.1) is 11.3 Å². The molecule has 1 aliphatic rings. The molecule has 1 aliphatic carbocycles. The SMILES string of the molecule is CC(C)NC1(c2nc(C(C)C)cs2)CCCC(C)(C)CC1. The second-order valence-electron chi connectivity index (χ2n) is 8.13. The van der Waals surface area contributed by atoms with Gasteiger partial charge in [0.25, 0.3) is 0 Å². The zero-order valence-corrected chi connectivity index (χ0v) is 15.4. The van der Waals surface area contributed by atoms with Crippen molar-refractivity contribution in [1.82, 2.24) is 10.3 Å². The van der Waals surface area contributed by atoms with Crippen molar-refractivity contribution in [3.8, 4) is 0 Å². The average molecular weight is 309 g/mol. The molecule has 1 unspecified atom stereocenters. The van der Waals surface area contributed by atoms with E-state index in [1.807, 2.05) is 11.3 Å². The Morgan fingerprint density at radius 2 is 1.81 bits per heavy atom. The molecule has 1 heterocycles. The lowest BCUT2D eigenvalue weighted by molar-refractivity contribution is 0.247. The summed E-state index contributed by atoms with van der Waals surface area (Å²) in [6, 6.07) is 0.498. The first-order valence-corrected chi connectivity index (χ1v) is 9.36. The zero-order chi connectivity index (χ0) is 15.7. The van der Waals surface area contributed by atoms with Crippen molar-refractivity contribution >= 4 is 11.3 Å². The van der Waals surface area contributed by atoms with E-state index in [0.717, 1.165) is 0 Å². The van der Waals surface area contributed by atoms with E-state index in [1.54, 1.807) is 0 Å². The molecular weight excluding hydrogens is 276 g/mol. The van der Waals surface area contributed by atoms with Crippen LogP contribution in [-0.4, -0.2) is 11.0 Å². The van der Waals surface area contributed by atoms with Gasteiger partial charge in [0.2, 0.25) is 0 Å². The molecule has 1 aromatic heterocycles. The fourth-order valence-electron chi connectivity index (χ4n) is 3.41. The maximum Gasteiger partial charge on any atom is 0.113 e. The molecule has 0 aliphatic heterocycles. The van der Waals surface area contributed by atoms with E-state index in [2.05, 4.69) is 52.2 Å². The Bertz CT molecular complexity index is 462. The van der Waals surface area contributed by atoms with Crippen molar-refractivity contribution in [2.45, 2.75) is 91.1 Å². The van der Waals surface area contributed by atoms with E-state index in [0.29, 0.717) is 17.4 Å². The minimum atomic E-state index is 0.0970. The maximum atomic E-state index is 5.00. The van der Waals surface area contributed by atoms with E-state index < -0.39 is 0 Å². The molecule has 0 spiro atoms. The van der Waals surface area contributed by atoms with Crippen LogP contribution in [0.5, 0.6) is 0 Å². The average Bonchev–Trinajstić information content (AvgIpc) is 2.80. The van der Waals surface area contributed by atoms with E-state index in [4.69, 9.17) is 4.98 Å². The summed E-state index contributed by atoms with van der Waals surface area (Å²) in [5.41, 5.74) is 1.82. The van der Waals surface area contributed by atoms with Gasteiger partial charge in [-0.25, -0.2) is 4.98 Å². The highest BCUT2D eigenvalue weighted by Gasteiger charge is 2.39. The molecule has 1 aromatic rings. The fraction of sp³-hybridized carbons (Fsp3) is 0.833. The highest BCUT2D eigenvalue weighted by molar-refractivity contribution is 7.09. The Morgan fingerprint density at radius 3 is 2.38 bits per heavy atom. The molecule has 1 atom stereocenters. The summed E-state index contributed by atoms with van der Waals surface area (Å²) in [7, 11) is 0. The van der Waals surface area contributed by atoms with Gasteiger partial charge < -0.3 is 5.32 Å². The van der Waals surface area contributed by atoms with Crippen LogP contribution in [0.2, 0.25) is 0 Å². The van der Waals surface area contributed by atoms with Crippen LogP contribution in [-0.2, 0) is 5.54 Å². The van der Waals surface area contributed by atoms with Gasteiger partial charge in [0.05, 0.1) is 11.2 Å². The lowest BCUT2D eigenvalue weighted by Crippen LogP contribution is -2.45. The van der Waals surface area contributed by atoms with E-state index in [9.17, 15) is 0 Å². The van der Waals surface area contributed by atoms with E-state index in [-0.39, 0.29) is 5.54 Å².